The fourth-order valence-electron chi connectivity index (χ4n) is 5.82. The Morgan fingerprint density at radius 3 is 1.30 bits per heavy atom. The summed E-state index contributed by atoms with van der Waals surface area (Å²) in [6.07, 6.45) is 0. The van der Waals surface area contributed by atoms with E-state index in [4.69, 9.17) is 4.74 Å². The summed E-state index contributed by atoms with van der Waals surface area (Å²) < 4.78 is 11.3. The molecule has 0 radical (unpaired) electrons. The monoisotopic (exact) mass is 627 g/mol. The molecule has 0 saturated carbocycles. The van der Waals surface area contributed by atoms with E-state index >= 15 is 0 Å². The van der Waals surface area contributed by atoms with Crippen molar-refractivity contribution in [2.45, 2.75) is 0 Å². The fraction of sp³-hybridized carbons (Fsp3) is 0.108. The molecule has 5 aromatic carbocycles. The predicted octanol–water partition coefficient (Wildman–Crippen LogP) is 5.75. The van der Waals surface area contributed by atoms with Crippen LogP contribution in [0.2, 0.25) is 0 Å². The fourth-order valence-corrected chi connectivity index (χ4v) is 19.7. The van der Waals surface area contributed by atoms with Gasteiger partial charge in [-0.3, -0.25) is 0 Å². The van der Waals surface area contributed by atoms with Crippen LogP contribution in [0.1, 0.15) is 11.1 Å². The number of hydrogen-bond acceptors (Lipinski definition) is 2. The van der Waals surface area contributed by atoms with Gasteiger partial charge in [0.05, 0.1) is 0 Å². The SMILES string of the molecule is C(=C(c1ccccc1)N1CCOCC1)=[C](c1ccccc1)[Sn]([c]1ccccc1)([c]1ccccc1)[c]1ccccc1. The van der Waals surface area contributed by atoms with Crippen molar-refractivity contribution in [1.29, 1.82) is 0 Å². The first-order valence-electron chi connectivity index (χ1n) is 14.0. The van der Waals surface area contributed by atoms with Crippen LogP contribution in [0.5, 0.6) is 0 Å². The molecule has 5 aromatic rings. The molecule has 6 rings (SSSR count). The van der Waals surface area contributed by atoms with Gasteiger partial charge in [-0.2, -0.15) is 0 Å². The van der Waals surface area contributed by atoms with Crippen molar-refractivity contribution in [3.63, 3.8) is 0 Å². The molecule has 1 fully saturated rings. The number of rotatable bonds is 7. The van der Waals surface area contributed by atoms with Gasteiger partial charge in [0.2, 0.25) is 0 Å². The number of benzene rings is 5. The van der Waals surface area contributed by atoms with E-state index in [1.54, 1.807) is 0 Å². The molecule has 0 N–H and O–H groups in total. The zero-order chi connectivity index (χ0) is 27.0. The van der Waals surface area contributed by atoms with Crippen LogP contribution in [-0.2, 0) is 4.74 Å². The normalized spacial score (nSPS) is 13.3. The molecule has 0 aromatic heterocycles. The molecule has 3 heteroatoms. The summed E-state index contributed by atoms with van der Waals surface area (Å²) in [5.41, 5.74) is 7.75. The summed E-state index contributed by atoms with van der Waals surface area (Å²) >= 11 is -3.96. The Hall–Kier alpha value is -3.82. The van der Waals surface area contributed by atoms with Gasteiger partial charge in [-0.25, -0.2) is 0 Å². The average molecular weight is 626 g/mol. The molecule has 1 heterocycles. The molecule has 1 aliphatic rings. The second-order valence-corrected chi connectivity index (χ2v) is 20.7. The van der Waals surface area contributed by atoms with E-state index in [0.717, 1.165) is 32.0 Å². The van der Waals surface area contributed by atoms with E-state index in [1.807, 2.05) is 0 Å². The summed E-state index contributed by atoms with van der Waals surface area (Å²) in [5, 5.41) is 0. The van der Waals surface area contributed by atoms with E-state index in [2.05, 4.69) is 162 Å². The van der Waals surface area contributed by atoms with Crippen LogP contribution >= 0.6 is 0 Å². The molecule has 0 spiro atoms. The Bertz CT molecular complexity index is 1480. The van der Waals surface area contributed by atoms with Crippen LogP contribution < -0.4 is 10.7 Å². The molecule has 196 valence electrons. The first kappa shape index (κ1) is 26.4. The Morgan fingerprint density at radius 2 is 0.875 bits per heavy atom. The molecule has 0 atom stereocenters. The summed E-state index contributed by atoms with van der Waals surface area (Å²) in [5.74, 6) is 0. The molecule has 0 amide bonds. The van der Waals surface area contributed by atoms with Crippen molar-refractivity contribution in [3.8, 4) is 0 Å². The Labute approximate surface area is 241 Å². The average Bonchev–Trinajstić information content (AvgIpc) is 3.06. The number of nitrogens with zero attached hydrogens (tertiary/aromatic N) is 1. The van der Waals surface area contributed by atoms with Crippen LogP contribution in [0.15, 0.2) is 157 Å². The van der Waals surface area contributed by atoms with Gasteiger partial charge in [0.1, 0.15) is 0 Å². The third kappa shape index (κ3) is 5.31. The van der Waals surface area contributed by atoms with E-state index in [0.29, 0.717) is 0 Å². The van der Waals surface area contributed by atoms with Gasteiger partial charge < -0.3 is 0 Å². The van der Waals surface area contributed by atoms with Crippen molar-refractivity contribution in [2.24, 2.45) is 0 Å². The van der Waals surface area contributed by atoms with Gasteiger partial charge in [-0.1, -0.05) is 0 Å². The van der Waals surface area contributed by atoms with E-state index < -0.39 is 18.4 Å². The third-order valence-corrected chi connectivity index (χ3v) is 21.3. The molecular weight excluding hydrogens is 593 g/mol. The quantitative estimate of drug-likeness (QED) is 0.169. The minimum absolute atomic E-state index is 0.725. The molecule has 0 bridgehead atoms. The molecule has 0 unspecified atom stereocenters. The first-order valence-corrected chi connectivity index (χ1v) is 19.7. The van der Waals surface area contributed by atoms with Gasteiger partial charge >= 0.3 is 243 Å². The van der Waals surface area contributed by atoms with Crippen LogP contribution in [0, 0.1) is 0 Å². The molecule has 40 heavy (non-hydrogen) atoms. The Kier molecular flexibility index (Phi) is 8.30. The summed E-state index contributed by atoms with van der Waals surface area (Å²) in [6, 6.07) is 55.3. The first-order chi connectivity index (χ1) is 19.9. The van der Waals surface area contributed by atoms with Gasteiger partial charge in [-0.05, 0) is 0 Å². The Morgan fingerprint density at radius 1 is 0.500 bits per heavy atom. The standard InChI is InChI=1S/C19H18NO.3C6H5.Sn/c1-3-7-17(8-4-1)11-12-19(18-9-5-2-6-10-18)20-13-15-21-16-14-20;3*1-2-4-6-5-3-1;/h1-10H,13-16H2;3*1-5H;. The van der Waals surface area contributed by atoms with Gasteiger partial charge in [0, 0.05) is 0 Å². The summed E-state index contributed by atoms with van der Waals surface area (Å²) in [6.45, 7) is 3.15. The van der Waals surface area contributed by atoms with Crippen LogP contribution in [-0.4, -0.2) is 49.6 Å². The topological polar surface area (TPSA) is 12.5 Å². The van der Waals surface area contributed by atoms with Crippen molar-refractivity contribution < 1.29 is 4.74 Å². The van der Waals surface area contributed by atoms with Gasteiger partial charge in [-0.15, -0.1) is 0 Å². The minimum atomic E-state index is -3.96. The van der Waals surface area contributed by atoms with Gasteiger partial charge in [0.25, 0.3) is 0 Å². The van der Waals surface area contributed by atoms with Crippen LogP contribution in [0.3, 0.4) is 0 Å². The molecule has 1 aliphatic heterocycles. The van der Waals surface area contributed by atoms with Crippen molar-refractivity contribution in [1.82, 2.24) is 4.90 Å². The summed E-state index contributed by atoms with van der Waals surface area (Å²) in [7, 11) is 0. The van der Waals surface area contributed by atoms with Crippen molar-refractivity contribution in [2.75, 3.05) is 26.3 Å². The van der Waals surface area contributed by atoms with Gasteiger partial charge in [0.15, 0.2) is 0 Å². The van der Waals surface area contributed by atoms with Crippen LogP contribution in [0.4, 0.5) is 0 Å². The maximum absolute atomic E-state index is 5.77. The van der Waals surface area contributed by atoms with Crippen molar-refractivity contribution in [3.05, 3.63) is 169 Å². The number of ether oxygens (including phenoxy) is 1. The van der Waals surface area contributed by atoms with Crippen LogP contribution in [0.25, 0.3) is 9.29 Å². The van der Waals surface area contributed by atoms with E-state index in [1.165, 1.54) is 25.5 Å². The number of hydrogen-bond donors (Lipinski definition) is 0. The molecular formula is C37H33NOSn. The van der Waals surface area contributed by atoms with E-state index in [9.17, 15) is 0 Å². The second-order valence-electron chi connectivity index (χ2n) is 10.0. The third-order valence-electron chi connectivity index (χ3n) is 7.68. The summed E-state index contributed by atoms with van der Waals surface area (Å²) in [4.78, 5) is 2.46. The second kappa shape index (κ2) is 12.6. The van der Waals surface area contributed by atoms with E-state index in [-0.39, 0.29) is 0 Å². The zero-order valence-electron chi connectivity index (χ0n) is 22.6. The number of morpholine rings is 1. The zero-order valence-corrected chi connectivity index (χ0v) is 25.5. The molecule has 1 saturated heterocycles. The van der Waals surface area contributed by atoms with Crippen molar-refractivity contribution >= 4 is 38.4 Å². The maximum atomic E-state index is 5.77. The Balaban J connectivity index is 1.81. The predicted molar refractivity (Wildman–Crippen MR) is 170 cm³/mol. The molecule has 0 aliphatic carbocycles. The molecule has 2 nitrogen and oxygen atoms in total.